The third-order valence-electron chi connectivity index (χ3n) is 3.79. The molecular formula is C13H23N5. The molecule has 0 unspecified atom stereocenters. The Bertz CT molecular complexity index is 387. The monoisotopic (exact) mass is 249 g/mol. The molecule has 0 aliphatic heterocycles. The largest absolute Gasteiger partial charge is 0.354 e. The predicted octanol–water partition coefficient (Wildman–Crippen LogP) is 2.09. The van der Waals surface area contributed by atoms with Crippen LogP contribution in [0.25, 0.3) is 0 Å². The van der Waals surface area contributed by atoms with Gasteiger partial charge >= 0.3 is 0 Å². The van der Waals surface area contributed by atoms with Crippen LogP contribution in [0.5, 0.6) is 0 Å². The molecule has 1 saturated carbocycles. The van der Waals surface area contributed by atoms with E-state index in [1.807, 2.05) is 0 Å². The normalized spacial score (nSPS) is 15.9. The molecule has 5 nitrogen and oxygen atoms in total. The highest BCUT2D eigenvalue weighted by Crippen LogP contribution is 2.30. The topological polar surface area (TPSA) is 67.1 Å². The summed E-state index contributed by atoms with van der Waals surface area (Å²) in [5, 5.41) is 0. The van der Waals surface area contributed by atoms with Crippen molar-refractivity contribution in [3.8, 4) is 0 Å². The SMILES string of the molecule is CCc1c(NN)ncnc1N(CC)C1CCCC1. The lowest BCUT2D eigenvalue weighted by atomic mass is 10.1. The fourth-order valence-electron chi connectivity index (χ4n) is 2.90. The lowest BCUT2D eigenvalue weighted by molar-refractivity contribution is 0.609. The number of hydrogen-bond acceptors (Lipinski definition) is 5. The first-order chi connectivity index (χ1) is 8.81. The Morgan fingerprint density at radius 2 is 2.06 bits per heavy atom. The number of hydrazine groups is 1. The average Bonchev–Trinajstić information content (AvgIpc) is 2.93. The van der Waals surface area contributed by atoms with E-state index < -0.39 is 0 Å². The standard InChI is InChI=1S/C13H23N5/c1-3-11-12(17-14)15-9-16-13(11)18(4-2)10-7-5-6-8-10/h9-10H,3-8,14H2,1-2H3,(H,15,16,17). The summed E-state index contributed by atoms with van der Waals surface area (Å²) >= 11 is 0. The van der Waals surface area contributed by atoms with Crippen molar-refractivity contribution in [1.82, 2.24) is 9.97 Å². The molecule has 0 spiro atoms. The van der Waals surface area contributed by atoms with Crippen LogP contribution in [0.1, 0.15) is 45.1 Å². The Morgan fingerprint density at radius 3 is 2.61 bits per heavy atom. The highest BCUT2D eigenvalue weighted by molar-refractivity contribution is 5.58. The van der Waals surface area contributed by atoms with Crippen molar-refractivity contribution < 1.29 is 0 Å². The van der Waals surface area contributed by atoms with Crippen molar-refractivity contribution in [1.29, 1.82) is 0 Å². The van der Waals surface area contributed by atoms with Gasteiger partial charge < -0.3 is 10.3 Å². The summed E-state index contributed by atoms with van der Waals surface area (Å²) in [5.74, 6) is 7.33. The quantitative estimate of drug-likeness (QED) is 0.618. The van der Waals surface area contributed by atoms with Crippen LogP contribution in [-0.2, 0) is 6.42 Å². The molecule has 1 aromatic heterocycles. The van der Waals surface area contributed by atoms with Gasteiger partial charge in [0.1, 0.15) is 18.0 Å². The van der Waals surface area contributed by atoms with Crippen LogP contribution >= 0.6 is 0 Å². The number of nitrogens with zero attached hydrogens (tertiary/aromatic N) is 3. The average molecular weight is 249 g/mol. The second-order valence-electron chi connectivity index (χ2n) is 4.75. The Hall–Kier alpha value is -1.36. The zero-order valence-corrected chi connectivity index (χ0v) is 11.3. The fourth-order valence-corrected chi connectivity index (χ4v) is 2.90. The van der Waals surface area contributed by atoms with Gasteiger partial charge in [-0.15, -0.1) is 0 Å². The van der Waals surface area contributed by atoms with Gasteiger partial charge in [-0.25, -0.2) is 15.8 Å². The van der Waals surface area contributed by atoms with E-state index in [1.54, 1.807) is 6.33 Å². The first-order valence-electron chi connectivity index (χ1n) is 6.88. The molecule has 2 rings (SSSR count). The van der Waals surface area contributed by atoms with Gasteiger partial charge in [0, 0.05) is 18.2 Å². The van der Waals surface area contributed by atoms with Crippen molar-refractivity contribution in [2.24, 2.45) is 5.84 Å². The number of rotatable bonds is 5. The molecule has 0 radical (unpaired) electrons. The summed E-state index contributed by atoms with van der Waals surface area (Å²) in [7, 11) is 0. The minimum atomic E-state index is 0.626. The molecule has 1 fully saturated rings. The minimum absolute atomic E-state index is 0.626. The molecule has 1 aliphatic rings. The first-order valence-corrected chi connectivity index (χ1v) is 6.88. The Kier molecular flexibility index (Phi) is 4.36. The van der Waals surface area contributed by atoms with Gasteiger partial charge in [-0.05, 0) is 26.2 Å². The predicted molar refractivity (Wildman–Crippen MR) is 74.5 cm³/mol. The smallest absolute Gasteiger partial charge is 0.148 e. The van der Waals surface area contributed by atoms with Crippen molar-refractivity contribution in [2.45, 2.75) is 52.0 Å². The second kappa shape index (κ2) is 6.00. The maximum Gasteiger partial charge on any atom is 0.148 e. The molecule has 1 aromatic rings. The maximum absolute atomic E-state index is 5.53. The van der Waals surface area contributed by atoms with E-state index in [1.165, 1.54) is 25.7 Å². The van der Waals surface area contributed by atoms with Gasteiger partial charge in [-0.3, -0.25) is 0 Å². The van der Waals surface area contributed by atoms with Crippen LogP contribution in [0.4, 0.5) is 11.6 Å². The number of anilines is 2. The molecule has 0 amide bonds. The van der Waals surface area contributed by atoms with Crippen LogP contribution in [-0.4, -0.2) is 22.6 Å². The maximum atomic E-state index is 5.53. The number of nitrogens with one attached hydrogen (secondary N) is 1. The van der Waals surface area contributed by atoms with Crippen molar-refractivity contribution in [2.75, 3.05) is 16.9 Å². The van der Waals surface area contributed by atoms with Gasteiger partial charge in [0.15, 0.2) is 0 Å². The Labute approximate surface area is 109 Å². The molecular weight excluding hydrogens is 226 g/mol. The Morgan fingerprint density at radius 1 is 1.33 bits per heavy atom. The molecule has 100 valence electrons. The molecule has 18 heavy (non-hydrogen) atoms. The molecule has 1 heterocycles. The van der Waals surface area contributed by atoms with Crippen LogP contribution in [0.2, 0.25) is 0 Å². The highest BCUT2D eigenvalue weighted by Gasteiger charge is 2.25. The second-order valence-corrected chi connectivity index (χ2v) is 4.75. The van der Waals surface area contributed by atoms with Gasteiger partial charge in [0.2, 0.25) is 0 Å². The first kappa shape index (κ1) is 13.1. The van der Waals surface area contributed by atoms with Gasteiger partial charge in [0.25, 0.3) is 0 Å². The van der Waals surface area contributed by atoms with Crippen LogP contribution in [0.15, 0.2) is 6.33 Å². The minimum Gasteiger partial charge on any atom is -0.354 e. The number of aromatic nitrogens is 2. The van der Waals surface area contributed by atoms with Gasteiger partial charge in [-0.1, -0.05) is 19.8 Å². The van der Waals surface area contributed by atoms with Crippen molar-refractivity contribution in [3.05, 3.63) is 11.9 Å². The molecule has 5 heteroatoms. The molecule has 3 N–H and O–H groups in total. The van der Waals surface area contributed by atoms with Crippen LogP contribution in [0.3, 0.4) is 0 Å². The third-order valence-corrected chi connectivity index (χ3v) is 3.79. The van der Waals surface area contributed by atoms with Gasteiger partial charge in [-0.2, -0.15) is 0 Å². The van der Waals surface area contributed by atoms with Crippen LogP contribution < -0.4 is 16.2 Å². The molecule has 1 aliphatic carbocycles. The van der Waals surface area contributed by atoms with E-state index in [2.05, 4.69) is 34.1 Å². The lowest BCUT2D eigenvalue weighted by Gasteiger charge is -2.30. The number of hydrogen-bond donors (Lipinski definition) is 2. The summed E-state index contributed by atoms with van der Waals surface area (Å²) < 4.78 is 0. The molecule has 0 atom stereocenters. The summed E-state index contributed by atoms with van der Waals surface area (Å²) in [6.07, 6.45) is 7.68. The van der Waals surface area contributed by atoms with E-state index in [4.69, 9.17) is 5.84 Å². The lowest BCUT2D eigenvalue weighted by Crippen LogP contribution is -2.35. The third kappa shape index (κ3) is 2.41. The van der Waals surface area contributed by atoms with Crippen LogP contribution in [0, 0.1) is 0 Å². The van der Waals surface area contributed by atoms with E-state index >= 15 is 0 Å². The van der Waals surface area contributed by atoms with E-state index in [-0.39, 0.29) is 0 Å². The highest BCUT2D eigenvalue weighted by atomic mass is 15.3. The van der Waals surface area contributed by atoms with E-state index in [0.717, 1.165) is 30.2 Å². The fraction of sp³-hybridized carbons (Fsp3) is 0.692. The zero-order valence-electron chi connectivity index (χ0n) is 11.3. The molecule has 0 saturated heterocycles. The summed E-state index contributed by atoms with van der Waals surface area (Å²) in [6, 6.07) is 0.626. The summed E-state index contributed by atoms with van der Waals surface area (Å²) in [4.78, 5) is 11.1. The number of nitrogen functional groups attached to an aromatic ring is 1. The molecule has 0 aromatic carbocycles. The Balaban J connectivity index is 2.34. The van der Waals surface area contributed by atoms with Crippen molar-refractivity contribution >= 4 is 11.6 Å². The zero-order chi connectivity index (χ0) is 13.0. The van der Waals surface area contributed by atoms with Crippen molar-refractivity contribution in [3.63, 3.8) is 0 Å². The van der Waals surface area contributed by atoms with Gasteiger partial charge in [0.05, 0.1) is 0 Å². The van der Waals surface area contributed by atoms with E-state index in [0.29, 0.717) is 6.04 Å². The summed E-state index contributed by atoms with van der Waals surface area (Å²) in [6.45, 7) is 5.29. The van der Waals surface area contributed by atoms with E-state index in [9.17, 15) is 0 Å². The summed E-state index contributed by atoms with van der Waals surface area (Å²) in [5.41, 5.74) is 3.80. The molecule has 0 bridgehead atoms. The number of nitrogens with two attached hydrogens (primary N) is 1.